The van der Waals surface area contributed by atoms with Gasteiger partial charge >= 0.3 is 0 Å². The fraction of sp³-hybridized carbons (Fsp3) is 0.267. The quantitative estimate of drug-likeness (QED) is 0.913. The Labute approximate surface area is 117 Å². The molecule has 19 heavy (non-hydrogen) atoms. The van der Waals surface area contributed by atoms with Gasteiger partial charge in [-0.25, -0.2) is 0 Å². The van der Waals surface area contributed by atoms with Gasteiger partial charge < -0.3 is 10.5 Å². The molecule has 100 valence electrons. The summed E-state index contributed by atoms with van der Waals surface area (Å²) in [5.41, 5.74) is 7.97. The van der Waals surface area contributed by atoms with Crippen molar-refractivity contribution in [3.8, 4) is 5.75 Å². The van der Waals surface area contributed by atoms with Gasteiger partial charge in [-0.2, -0.15) is 0 Å². The Morgan fingerprint density at radius 1 is 1.42 bits per heavy atom. The van der Waals surface area contributed by atoms with Gasteiger partial charge in [0.2, 0.25) is 0 Å². The molecule has 3 nitrogen and oxygen atoms in total. The van der Waals surface area contributed by atoms with Gasteiger partial charge in [-0.15, -0.1) is 11.3 Å². The third kappa shape index (κ3) is 3.22. The van der Waals surface area contributed by atoms with Gasteiger partial charge in [-0.05, 0) is 24.4 Å². The Kier molecular flexibility index (Phi) is 4.35. The molecule has 0 spiro atoms. The molecule has 1 unspecified atom stereocenters. The fourth-order valence-electron chi connectivity index (χ4n) is 1.97. The summed E-state index contributed by atoms with van der Waals surface area (Å²) in [5, 5.41) is 1.93. The zero-order chi connectivity index (χ0) is 13.8. The standard InChI is InChI=1S/C15H17NO2S/c1-10-5-6-13(18-2)11(8-10)9-12(17)15(16)14-4-3-7-19-14/h3-8,15H,9,16H2,1-2H3. The van der Waals surface area contributed by atoms with Crippen molar-refractivity contribution < 1.29 is 9.53 Å². The van der Waals surface area contributed by atoms with E-state index < -0.39 is 6.04 Å². The zero-order valence-corrected chi connectivity index (χ0v) is 11.9. The Morgan fingerprint density at radius 3 is 2.84 bits per heavy atom. The first-order valence-corrected chi connectivity index (χ1v) is 6.95. The van der Waals surface area contributed by atoms with Gasteiger partial charge in [0.25, 0.3) is 0 Å². The number of carbonyl (C=O) groups is 1. The molecule has 0 aliphatic heterocycles. The van der Waals surface area contributed by atoms with E-state index in [0.29, 0.717) is 6.42 Å². The van der Waals surface area contributed by atoms with E-state index in [1.54, 1.807) is 7.11 Å². The van der Waals surface area contributed by atoms with E-state index >= 15 is 0 Å². The highest BCUT2D eigenvalue weighted by Crippen LogP contribution is 2.24. The Morgan fingerprint density at radius 2 is 2.21 bits per heavy atom. The maximum absolute atomic E-state index is 12.2. The molecule has 2 rings (SSSR count). The molecular weight excluding hydrogens is 258 g/mol. The monoisotopic (exact) mass is 275 g/mol. The van der Waals surface area contributed by atoms with Gasteiger partial charge in [-0.3, -0.25) is 4.79 Å². The van der Waals surface area contributed by atoms with Crippen molar-refractivity contribution in [1.29, 1.82) is 0 Å². The predicted molar refractivity (Wildman–Crippen MR) is 77.7 cm³/mol. The fourth-order valence-corrected chi connectivity index (χ4v) is 2.72. The molecule has 2 N–H and O–H groups in total. The van der Waals surface area contributed by atoms with Crippen LogP contribution in [0.3, 0.4) is 0 Å². The Balaban J connectivity index is 2.17. The highest BCUT2D eigenvalue weighted by atomic mass is 32.1. The SMILES string of the molecule is COc1ccc(C)cc1CC(=O)C(N)c1cccs1. The van der Waals surface area contributed by atoms with Crippen LogP contribution in [-0.4, -0.2) is 12.9 Å². The van der Waals surface area contributed by atoms with Crippen LogP contribution in [0.2, 0.25) is 0 Å². The van der Waals surface area contributed by atoms with Crippen LogP contribution in [0.1, 0.15) is 22.0 Å². The number of hydrogen-bond acceptors (Lipinski definition) is 4. The lowest BCUT2D eigenvalue weighted by molar-refractivity contribution is -0.119. The highest BCUT2D eigenvalue weighted by Gasteiger charge is 2.18. The van der Waals surface area contributed by atoms with E-state index in [1.807, 2.05) is 42.6 Å². The number of rotatable bonds is 5. The van der Waals surface area contributed by atoms with E-state index in [-0.39, 0.29) is 5.78 Å². The van der Waals surface area contributed by atoms with E-state index in [9.17, 15) is 4.79 Å². The van der Waals surface area contributed by atoms with Crippen molar-refractivity contribution in [2.75, 3.05) is 7.11 Å². The molecule has 0 saturated heterocycles. The van der Waals surface area contributed by atoms with Gasteiger partial charge in [0.15, 0.2) is 5.78 Å². The summed E-state index contributed by atoms with van der Waals surface area (Å²) in [4.78, 5) is 13.1. The van der Waals surface area contributed by atoms with Gasteiger partial charge in [-0.1, -0.05) is 23.8 Å². The average molecular weight is 275 g/mol. The summed E-state index contributed by atoms with van der Waals surface area (Å²) in [6, 6.07) is 9.06. The Bertz CT molecular complexity index is 564. The smallest absolute Gasteiger partial charge is 0.159 e. The molecule has 1 aromatic heterocycles. The van der Waals surface area contributed by atoms with Crippen molar-refractivity contribution in [1.82, 2.24) is 0 Å². The van der Waals surface area contributed by atoms with Gasteiger partial charge in [0.05, 0.1) is 13.2 Å². The second-order valence-electron chi connectivity index (χ2n) is 4.45. The third-order valence-corrected chi connectivity index (χ3v) is 3.95. The maximum atomic E-state index is 12.2. The zero-order valence-electron chi connectivity index (χ0n) is 11.1. The van der Waals surface area contributed by atoms with Crippen LogP contribution in [-0.2, 0) is 11.2 Å². The summed E-state index contributed by atoms with van der Waals surface area (Å²) >= 11 is 1.51. The summed E-state index contributed by atoms with van der Waals surface area (Å²) in [6.45, 7) is 1.99. The van der Waals surface area contributed by atoms with Crippen LogP contribution in [0.5, 0.6) is 5.75 Å². The van der Waals surface area contributed by atoms with E-state index in [0.717, 1.165) is 21.8 Å². The van der Waals surface area contributed by atoms with Crippen LogP contribution in [0, 0.1) is 6.92 Å². The minimum atomic E-state index is -0.551. The summed E-state index contributed by atoms with van der Waals surface area (Å²) in [7, 11) is 1.61. The van der Waals surface area contributed by atoms with Crippen LogP contribution >= 0.6 is 11.3 Å². The average Bonchev–Trinajstić information content (AvgIpc) is 2.92. The van der Waals surface area contributed by atoms with Crippen molar-refractivity contribution >= 4 is 17.1 Å². The van der Waals surface area contributed by atoms with Gasteiger partial charge in [0.1, 0.15) is 5.75 Å². The summed E-state index contributed by atoms with van der Waals surface area (Å²) < 4.78 is 5.28. The van der Waals surface area contributed by atoms with E-state index in [1.165, 1.54) is 11.3 Å². The normalized spacial score (nSPS) is 12.2. The number of benzene rings is 1. The van der Waals surface area contributed by atoms with E-state index in [2.05, 4.69) is 0 Å². The Hall–Kier alpha value is -1.65. The lowest BCUT2D eigenvalue weighted by Gasteiger charge is -2.12. The number of carbonyl (C=O) groups excluding carboxylic acids is 1. The molecule has 4 heteroatoms. The van der Waals surface area contributed by atoms with Crippen LogP contribution in [0.4, 0.5) is 0 Å². The van der Waals surface area contributed by atoms with Crippen LogP contribution in [0.15, 0.2) is 35.7 Å². The maximum Gasteiger partial charge on any atom is 0.159 e. The molecule has 1 heterocycles. The topological polar surface area (TPSA) is 52.3 Å². The first-order valence-electron chi connectivity index (χ1n) is 6.07. The molecule has 0 fully saturated rings. The van der Waals surface area contributed by atoms with Crippen molar-refractivity contribution in [2.45, 2.75) is 19.4 Å². The predicted octanol–water partition coefficient (Wildman–Crippen LogP) is 2.88. The molecule has 0 saturated carbocycles. The van der Waals surface area contributed by atoms with Crippen molar-refractivity contribution in [3.63, 3.8) is 0 Å². The molecular formula is C15H17NO2S. The van der Waals surface area contributed by atoms with Crippen molar-refractivity contribution in [2.24, 2.45) is 5.73 Å². The number of thiophene rings is 1. The first-order chi connectivity index (χ1) is 9.11. The third-order valence-electron chi connectivity index (χ3n) is 3.00. The van der Waals surface area contributed by atoms with Crippen LogP contribution in [0.25, 0.3) is 0 Å². The minimum Gasteiger partial charge on any atom is -0.496 e. The molecule has 0 amide bonds. The lowest BCUT2D eigenvalue weighted by atomic mass is 10.0. The van der Waals surface area contributed by atoms with E-state index in [4.69, 9.17) is 10.5 Å². The minimum absolute atomic E-state index is 0.00588. The lowest BCUT2D eigenvalue weighted by Crippen LogP contribution is -2.22. The number of Topliss-reactive ketones (excluding diaryl/α,β-unsaturated/α-hetero) is 1. The number of ketones is 1. The molecule has 1 aromatic carbocycles. The van der Waals surface area contributed by atoms with Crippen LogP contribution < -0.4 is 10.5 Å². The molecule has 0 aliphatic rings. The van der Waals surface area contributed by atoms with Gasteiger partial charge in [0, 0.05) is 16.9 Å². The number of aryl methyl sites for hydroxylation is 1. The molecule has 0 bridgehead atoms. The number of ether oxygens (including phenoxy) is 1. The second kappa shape index (κ2) is 5.99. The summed E-state index contributed by atoms with van der Waals surface area (Å²) in [5.74, 6) is 0.740. The summed E-state index contributed by atoms with van der Waals surface area (Å²) in [6.07, 6.45) is 0.296. The number of methoxy groups -OCH3 is 1. The molecule has 1 atom stereocenters. The molecule has 2 aromatic rings. The second-order valence-corrected chi connectivity index (χ2v) is 5.43. The number of nitrogens with two attached hydrogens (primary N) is 1. The molecule has 0 radical (unpaired) electrons. The molecule has 0 aliphatic carbocycles. The number of hydrogen-bond donors (Lipinski definition) is 1. The highest BCUT2D eigenvalue weighted by molar-refractivity contribution is 7.10. The van der Waals surface area contributed by atoms with Crippen molar-refractivity contribution in [3.05, 3.63) is 51.7 Å². The largest absolute Gasteiger partial charge is 0.496 e. The first kappa shape index (κ1) is 13.8.